The number of anilines is 1. The Morgan fingerprint density at radius 1 is 1.32 bits per heavy atom. The fourth-order valence-corrected chi connectivity index (χ4v) is 2.83. The zero-order chi connectivity index (χ0) is 13.5. The van der Waals surface area contributed by atoms with E-state index < -0.39 is 0 Å². The molecule has 0 saturated heterocycles. The molecule has 0 aliphatic heterocycles. The van der Waals surface area contributed by atoms with Crippen molar-refractivity contribution in [2.24, 2.45) is 5.41 Å². The Morgan fingerprint density at radius 3 is 2.74 bits per heavy atom. The van der Waals surface area contributed by atoms with Crippen LogP contribution >= 0.6 is 0 Å². The molecule has 0 bridgehead atoms. The highest BCUT2D eigenvalue weighted by molar-refractivity contribution is 5.49. The van der Waals surface area contributed by atoms with E-state index in [-0.39, 0.29) is 0 Å². The van der Waals surface area contributed by atoms with Crippen molar-refractivity contribution in [2.75, 3.05) is 5.32 Å². The summed E-state index contributed by atoms with van der Waals surface area (Å²) in [7, 11) is 0. The highest BCUT2D eigenvalue weighted by Crippen LogP contribution is 2.35. The Hall–Kier alpha value is -1.58. The van der Waals surface area contributed by atoms with Crippen LogP contribution in [0.2, 0.25) is 0 Å². The van der Waals surface area contributed by atoms with Crippen molar-refractivity contribution < 1.29 is 0 Å². The molecule has 1 aliphatic rings. The third-order valence-corrected chi connectivity index (χ3v) is 4.23. The van der Waals surface area contributed by atoms with E-state index in [0.717, 1.165) is 17.2 Å². The molecule has 0 spiro atoms. The lowest BCUT2D eigenvalue weighted by Gasteiger charge is -2.34. The van der Waals surface area contributed by atoms with Gasteiger partial charge in [-0.3, -0.25) is 0 Å². The molecule has 4 nitrogen and oxygen atoms in total. The van der Waals surface area contributed by atoms with Crippen molar-refractivity contribution in [2.45, 2.75) is 52.5 Å². The van der Waals surface area contributed by atoms with Crippen LogP contribution < -0.4 is 5.32 Å². The molecule has 2 aromatic rings. The molecule has 4 heteroatoms. The summed E-state index contributed by atoms with van der Waals surface area (Å²) < 4.78 is 1.85. The fourth-order valence-electron chi connectivity index (χ4n) is 2.83. The van der Waals surface area contributed by atoms with Gasteiger partial charge < -0.3 is 5.32 Å². The average Bonchev–Trinajstić information content (AvgIpc) is 2.76. The Bertz CT molecular complexity index is 575. The van der Waals surface area contributed by atoms with Gasteiger partial charge in [-0.05, 0) is 49.7 Å². The molecular weight excluding hydrogens is 236 g/mol. The molecule has 2 heterocycles. The van der Waals surface area contributed by atoms with Gasteiger partial charge >= 0.3 is 0 Å². The first-order valence-corrected chi connectivity index (χ1v) is 7.12. The van der Waals surface area contributed by atoms with Crippen molar-refractivity contribution in [3.05, 3.63) is 23.9 Å². The largest absolute Gasteiger partial charge is 0.350 e. The molecule has 102 valence electrons. The minimum Gasteiger partial charge on any atom is -0.350 e. The van der Waals surface area contributed by atoms with Crippen LogP contribution in [0, 0.1) is 12.3 Å². The molecule has 3 rings (SSSR count). The molecule has 1 aliphatic carbocycles. The Morgan fingerprint density at radius 2 is 2.05 bits per heavy atom. The Kier molecular flexibility index (Phi) is 2.96. The van der Waals surface area contributed by atoms with Crippen LogP contribution in [-0.2, 0) is 0 Å². The molecule has 0 atom stereocenters. The lowest BCUT2D eigenvalue weighted by atomic mass is 9.76. The molecule has 1 fully saturated rings. The predicted molar refractivity (Wildman–Crippen MR) is 77.4 cm³/mol. The van der Waals surface area contributed by atoms with E-state index in [9.17, 15) is 0 Å². The number of hydrogen-bond acceptors (Lipinski definition) is 3. The number of fused-ring (bicyclic) bond motifs is 1. The summed E-state index contributed by atoms with van der Waals surface area (Å²) in [5.41, 5.74) is 2.61. The molecule has 1 saturated carbocycles. The molecular formula is C15H22N4. The van der Waals surface area contributed by atoms with Crippen molar-refractivity contribution >= 4 is 11.6 Å². The van der Waals surface area contributed by atoms with E-state index in [4.69, 9.17) is 0 Å². The number of pyridine rings is 1. The summed E-state index contributed by atoms with van der Waals surface area (Å²) in [6, 6.07) is 4.59. The zero-order valence-electron chi connectivity index (χ0n) is 12.0. The van der Waals surface area contributed by atoms with E-state index >= 15 is 0 Å². The molecule has 0 amide bonds. The maximum atomic E-state index is 4.58. The summed E-state index contributed by atoms with van der Waals surface area (Å²) in [5, 5.41) is 7.99. The maximum absolute atomic E-state index is 4.58. The van der Waals surface area contributed by atoms with Crippen LogP contribution in [0.3, 0.4) is 0 Å². The number of aromatic nitrogens is 3. The summed E-state index contributed by atoms with van der Waals surface area (Å²) in [4.78, 5) is 4.58. The van der Waals surface area contributed by atoms with Gasteiger partial charge in [-0.1, -0.05) is 19.9 Å². The second-order valence-electron chi connectivity index (χ2n) is 6.48. The van der Waals surface area contributed by atoms with Crippen LogP contribution in [0.5, 0.6) is 0 Å². The smallest absolute Gasteiger partial charge is 0.243 e. The van der Waals surface area contributed by atoms with Crippen molar-refractivity contribution in [3.63, 3.8) is 0 Å². The van der Waals surface area contributed by atoms with Crippen LogP contribution in [0.1, 0.15) is 45.1 Å². The van der Waals surface area contributed by atoms with Gasteiger partial charge in [0.15, 0.2) is 5.65 Å². The summed E-state index contributed by atoms with van der Waals surface area (Å²) in [6.45, 7) is 6.78. The zero-order valence-corrected chi connectivity index (χ0v) is 12.0. The summed E-state index contributed by atoms with van der Waals surface area (Å²) >= 11 is 0. The lowest BCUT2D eigenvalue weighted by molar-refractivity contribution is 0.232. The third-order valence-electron chi connectivity index (χ3n) is 4.23. The summed E-state index contributed by atoms with van der Waals surface area (Å²) in [6.07, 6.45) is 6.92. The van der Waals surface area contributed by atoms with Gasteiger partial charge in [0, 0.05) is 12.2 Å². The Balaban J connectivity index is 1.74. The van der Waals surface area contributed by atoms with Crippen molar-refractivity contribution in [1.82, 2.24) is 14.6 Å². The van der Waals surface area contributed by atoms with Crippen molar-refractivity contribution in [1.29, 1.82) is 0 Å². The number of aryl methyl sites for hydroxylation is 1. The first kappa shape index (κ1) is 12.5. The van der Waals surface area contributed by atoms with Gasteiger partial charge in [0.05, 0.1) is 0 Å². The van der Waals surface area contributed by atoms with E-state index in [2.05, 4.69) is 42.2 Å². The van der Waals surface area contributed by atoms with E-state index in [1.165, 1.54) is 25.7 Å². The van der Waals surface area contributed by atoms with Gasteiger partial charge in [-0.2, -0.15) is 4.98 Å². The minimum absolute atomic E-state index is 0.501. The minimum atomic E-state index is 0.501. The first-order valence-electron chi connectivity index (χ1n) is 7.12. The van der Waals surface area contributed by atoms with Gasteiger partial charge in [-0.15, -0.1) is 5.10 Å². The Labute approximate surface area is 114 Å². The quantitative estimate of drug-likeness (QED) is 0.897. The molecule has 2 aromatic heterocycles. The molecule has 1 N–H and O–H groups in total. The van der Waals surface area contributed by atoms with Gasteiger partial charge in [0.25, 0.3) is 0 Å². The first-order chi connectivity index (χ1) is 9.03. The average molecular weight is 258 g/mol. The lowest BCUT2D eigenvalue weighted by Crippen LogP contribution is -2.30. The van der Waals surface area contributed by atoms with E-state index in [1.807, 2.05) is 16.8 Å². The highest BCUT2D eigenvalue weighted by Gasteiger charge is 2.27. The number of rotatable bonds is 2. The topological polar surface area (TPSA) is 42.2 Å². The van der Waals surface area contributed by atoms with Crippen LogP contribution in [-0.4, -0.2) is 20.6 Å². The highest BCUT2D eigenvalue weighted by atomic mass is 15.3. The molecule has 0 radical (unpaired) electrons. The molecule has 0 unspecified atom stereocenters. The SMILES string of the molecule is Cc1cccn2nc(NC3CCC(C)(C)CC3)nc12. The number of nitrogens with one attached hydrogen (secondary N) is 1. The summed E-state index contributed by atoms with van der Waals surface area (Å²) in [5.74, 6) is 0.763. The van der Waals surface area contributed by atoms with Crippen LogP contribution in [0.4, 0.5) is 5.95 Å². The molecule has 0 aromatic carbocycles. The second kappa shape index (κ2) is 4.51. The number of hydrogen-bond donors (Lipinski definition) is 1. The van der Waals surface area contributed by atoms with Crippen LogP contribution in [0.25, 0.3) is 5.65 Å². The van der Waals surface area contributed by atoms with Gasteiger partial charge in [-0.25, -0.2) is 4.52 Å². The second-order valence-corrected chi connectivity index (χ2v) is 6.48. The van der Waals surface area contributed by atoms with Gasteiger partial charge in [0.1, 0.15) is 0 Å². The van der Waals surface area contributed by atoms with Gasteiger partial charge in [0.2, 0.25) is 5.95 Å². The predicted octanol–water partition coefficient (Wildman–Crippen LogP) is 3.42. The third kappa shape index (κ3) is 2.57. The van der Waals surface area contributed by atoms with E-state index in [0.29, 0.717) is 11.5 Å². The standard InChI is InChI=1S/C15H22N4/c1-11-5-4-10-19-13(11)17-14(18-19)16-12-6-8-15(2,3)9-7-12/h4-5,10,12H,6-9H2,1-3H3,(H,16,18). The van der Waals surface area contributed by atoms with Crippen molar-refractivity contribution in [3.8, 4) is 0 Å². The molecule has 19 heavy (non-hydrogen) atoms. The van der Waals surface area contributed by atoms with Crippen LogP contribution in [0.15, 0.2) is 18.3 Å². The normalized spacial score (nSPS) is 19.7. The fraction of sp³-hybridized carbons (Fsp3) is 0.600. The number of nitrogens with zero attached hydrogens (tertiary/aromatic N) is 3. The maximum Gasteiger partial charge on any atom is 0.243 e. The monoisotopic (exact) mass is 258 g/mol. The van der Waals surface area contributed by atoms with E-state index in [1.54, 1.807) is 0 Å².